The Morgan fingerprint density at radius 1 is 1.00 bits per heavy atom. The van der Waals surface area contributed by atoms with Crippen LogP contribution in [-0.4, -0.2) is 20.4 Å². The highest BCUT2D eigenvalue weighted by molar-refractivity contribution is 7.92. The Kier molecular flexibility index (Phi) is 7.89. The highest BCUT2D eigenvalue weighted by Gasteiger charge is 2.21. The molecule has 3 aromatic carbocycles. The molecule has 9 heteroatoms. The number of carbonyl (C=O) groups is 1. The molecule has 174 valence electrons. The molecule has 6 nitrogen and oxygen atoms in total. The smallest absolute Gasteiger partial charge is 0.265 e. The molecule has 0 aliphatic rings. The molecular weight excluding hydrogens is 483 g/mol. The summed E-state index contributed by atoms with van der Waals surface area (Å²) >= 11 is 12.0. The van der Waals surface area contributed by atoms with Crippen LogP contribution < -0.4 is 14.8 Å². The molecule has 1 amide bonds. The lowest BCUT2D eigenvalue weighted by atomic mass is 10.1. The molecule has 0 aromatic heterocycles. The van der Waals surface area contributed by atoms with Gasteiger partial charge in [-0.15, -0.1) is 0 Å². The Morgan fingerprint density at radius 2 is 1.67 bits per heavy atom. The van der Waals surface area contributed by atoms with Crippen molar-refractivity contribution in [1.82, 2.24) is 0 Å². The van der Waals surface area contributed by atoms with E-state index in [1.54, 1.807) is 12.1 Å². The predicted octanol–water partition coefficient (Wildman–Crippen LogP) is 6.21. The number of nitrogens with one attached hydrogen (secondary N) is 2. The fourth-order valence-electron chi connectivity index (χ4n) is 3.05. The number of carbonyl (C=O) groups excluding carboxylic acids is 1. The first-order chi connectivity index (χ1) is 15.6. The summed E-state index contributed by atoms with van der Waals surface area (Å²) in [6, 6.07) is 16.2. The van der Waals surface area contributed by atoms with Gasteiger partial charge in [0.2, 0.25) is 0 Å². The third-order valence-corrected chi connectivity index (χ3v) is 7.32. The van der Waals surface area contributed by atoms with Crippen LogP contribution in [0.5, 0.6) is 5.75 Å². The number of amides is 1. The highest BCUT2D eigenvalue weighted by atomic mass is 35.5. The zero-order chi connectivity index (χ0) is 24.2. The van der Waals surface area contributed by atoms with E-state index in [1.807, 2.05) is 39.0 Å². The van der Waals surface area contributed by atoms with Gasteiger partial charge in [-0.05, 0) is 73.9 Å². The summed E-state index contributed by atoms with van der Waals surface area (Å²) < 4.78 is 33.7. The van der Waals surface area contributed by atoms with E-state index in [-0.39, 0.29) is 26.5 Å². The number of aryl methyl sites for hydroxylation is 1. The molecule has 0 unspecified atom stereocenters. The lowest BCUT2D eigenvalue weighted by Gasteiger charge is -2.19. The van der Waals surface area contributed by atoms with Crippen LogP contribution in [0.4, 0.5) is 11.4 Å². The zero-order valence-corrected chi connectivity index (χ0v) is 20.7. The quantitative estimate of drug-likeness (QED) is 0.380. The van der Waals surface area contributed by atoms with Gasteiger partial charge in [0, 0.05) is 5.69 Å². The molecule has 0 aliphatic heterocycles. The van der Waals surface area contributed by atoms with Crippen LogP contribution in [0, 0.1) is 13.8 Å². The standard InChI is InChI=1S/C24H24Cl2N2O4S/c1-4-21(32-22-10-5-7-15(2)16(22)3)24(29)27-17-11-13-18(14-12-17)33(30,31)28-20-9-6-8-19(25)23(20)26/h5-14,21,28H,4H2,1-3H3,(H,27,29)/t21-/m1/s1. The maximum atomic E-state index is 12.7. The van der Waals surface area contributed by atoms with Gasteiger partial charge in [0.25, 0.3) is 15.9 Å². The molecule has 0 aliphatic carbocycles. The molecule has 0 radical (unpaired) electrons. The Bertz CT molecular complexity index is 1260. The fraction of sp³-hybridized carbons (Fsp3) is 0.208. The number of benzene rings is 3. The fourth-order valence-corrected chi connectivity index (χ4v) is 4.53. The van der Waals surface area contributed by atoms with Crippen LogP contribution in [0.15, 0.2) is 65.6 Å². The SMILES string of the molecule is CC[C@@H](Oc1cccc(C)c1C)C(=O)Nc1ccc(S(=O)(=O)Nc2cccc(Cl)c2Cl)cc1. The molecule has 33 heavy (non-hydrogen) atoms. The summed E-state index contributed by atoms with van der Waals surface area (Å²) in [5, 5.41) is 3.13. The summed E-state index contributed by atoms with van der Waals surface area (Å²) in [6.07, 6.45) is -0.226. The topological polar surface area (TPSA) is 84.5 Å². The Balaban J connectivity index is 1.70. The van der Waals surface area contributed by atoms with E-state index in [1.165, 1.54) is 30.3 Å². The van der Waals surface area contributed by atoms with Crippen LogP contribution >= 0.6 is 23.2 Å². The average molecular weight is 507 g/mol. The zero-order valence-electron chi connectivity index (χ0n) is 18.4. The molecule has 0 fully saturated rings. The molecule has 0 bridgehead atoms. The maximum absolute atomic E-state index is 12.7. The van der Waals surface area contributed by atoms with Gasteiger partial charge >= 0.3 is 0 Å². The number of hydrogen-bond donors (Lipinski definition) is 2. The van der Waals surface area contributed by atoms with Gasteiger partial charge < -0.3 is 10.1 Å². The summed E-state index contributed by atoms with van der Waals surface area (Å²) in [4.78, 5) is 12.8. The minimum Gasteiger partial charge on any atom is -0.480 e. The summed E-state index contributed by atoms with van der Waals surface area (Å²) in [5.41, 5.74) is 2.68. The number of anilines is 2. The van der Waals surface area contributed by atoms with Gasteiger partial charge in [-0.3, -0.25) is 9.52 Å². The minimum atomic E-state index is -3.90. The van der Waals surface area contributed by atoms with Gasteiger partial charge in [0.15, 0.2) is 6.10 Å². The van der Waals surface area contributed by atoms with Crippen molar-refractivity contribution in [2.45, 2.75) is 38.2 Å². The number of ether oxygens (including phenoxy) is 1. The maximum Gasteiger partial charge on any atom is 0.265 e. The van der Waals surface area contributed by atoms with E-state index < -0.39 is 16.1 Å². The van der Waals surface area contributed by atoms with Crippen molar-refractivity contribution < 1.29 is 17.9 Å². The van der Waals surface area contributed by atoms with E-state index in [0.717, 1.165) is 11.1 Å². The molecule has 3 rings (SSSR count). The minimum absolute atomic E-state index is 0.00946. The number of rotatable bonds is 8. The van der Waals surface area contributed by atoms with E-state index in [0.29, 0.717) is 17.9 Å². The lowest BCUT2D eigenvalue weighted by molar-refractivity contribution is -0.122. The lowest BCUT2D eigenvalue weighted by Crippen LogP contribution is -2.32. The molecule has 0 heterocycles. The van der Waals surface area contributed by atoms with Gasteiger partial charge in [-0.1, -0.05) is 48.3 Å². The summed E-state index contributed by atoms with van der Waals surface area (Å²) in [5.74, 6) is 0.335. The number of halogens is 2. The van der Waals surface area contributed by atoms with E-state index >= 15 is 0 Å². The van der Waals surface area contributed by atoms with Crippen molar-refractivity contribution in [1.29, 1.82) is 0 Å². The monoisotopic (exact) mass is 506 g/mol. The van der Waals surface area contributed by atoms with E-state index in [2.05, 4.69) is 10.0 Å². The number of hydrogen-bond acceptors (Lipinski definition) is 4. The molecule has 0 spiro atoms. The van der Waals surface area contributed by atoms with Crippen LogP contribution in [-0.2, 0) is 14.8 Å². The van der Waals surface area contributed by atoms with Crippen molar-refractivity contribution in [2.24, 2.45) is 0 Å². The van der Waals surface area contributed by atoms with Crippen LogP contribution in [0.2, 0.25) is 10.0 Å². The molecule has 0 saturated carbocycles. The highest BCUT2D eigenvalue weighted by Crippen LogP contribution is 2.31. The van der Waals surface area contributed by atoms with Crippen molar-refractivity contribution >= 4 is 50.5 Å². The first kappa shape index (κ1) is 24.9. The first-order valence-electron chi connectivity index (χ1n) is 10.2. The third kappa shape index (κ3) is 5.99. The second-order valence-electron chi connectivity index (χ2n) is 7.43. The average Bonchev–Trinajstić information content (AvgIpc) is 2.78. The van der Waals surface area contributed by atoms with Crippen molar-refractivity contribution in [3.05, 3.63) is 81.8 Å². The molecular formula is C24H24Cl2N2O4S. The predicted molar refractivity (Wildman–Crippen MR) is 133 cm³/mol. The molecule has 0 saturated heterocycles. The van der Waals surface area contributed by atoms with Crippen molar-refractivity contribution in [2.75, 3.05) is 10.0 Å². The first-order valence-corrected chi connectivity index (χ1v) is 12.5. The molecule has 3 aromatic rings. The second kappa shape index (κ2) is 10.5. The van der Waals surface area contributed by atoms with Gasteiger partial charge in [-0.2, -0.15) is 0 Å². The Hall–Kier alpha value is -2.74. The van der Waals surface area contributed by atoms with Crippen molar-refractivity contribution in [3.63, 3.8) is 0 Å². The van der Waals surface area contributed by atoms with Crippen LogP contribution in [0.3, 0.4) is 0 Å². The summed E-state index contributed by atoms with van der Waals surface area (Å²) in [7, 11) is -3.90. The second-order valence-corrected chi connectivity index (χ2v) is 9.90. The third-order valence-electron chi connectivity index (χ3n) is 5.12. The van der Waals surface area contributed by atoms with E-state index in [4.69, 9.17) is 27.9 Å². The summed E-state index contributed by atoms with van der Waals surface area (Å²) in [6.45, 7) is 5.78. The van der Waals surface area contributed by atoms with Gasteiger partial charge in [0.1, 0.15) is 5.75 Å². The molecule has 1 atom stereocenters. The number of sulfonamides is 1. The normalized spacial score (nSPS) is 12.2. The van der Waals surface area contributed by atoms with Crippen LogP contribution in [0.25, 0.3) is 0 Å². The Morgan fingerprint density at radius 3 is 2.33 bits per heavy atom. The Labute approximate surface area is 203 Å². The van der Waals surface area contributed by atoms with Gasteiger partial charge in [0.05, 0.1) is 20.6 Å². The largest absolute Gasteiger partial charge is 0.480 e. The van der Waals surface area contributed by atoms with Crippen LogP contribution in [0.1, 0.15) is 24.5 Å². The van der Waals surface area contributed by atoms with Gasteiger partial charge in [-0.25, -0.2) is 8.42 Å². The van der Waals surface area contributed by atoms with Crippen molar-refractivity contribution in [3.8, 4) is 5.75 Å². The van der Waals surface area contributed by atoms with E-state index in [9.17, 15) is 13.2 Å². The molecule has 2 N–H and O–H groups in total.